The first-order chi connectivity index (χ1) is 9.81. The van der Waals surface area contributed by atoms with Gasteiger partial charge in [-0.2, -0.15) is 5.10 Å². The minimum Gasteiger partial charge on any atom is -0.325 e. The van der Waals surface area contributed by atoms with Gasteiger partial charge in [0, 0.05) is 12.5 Å². The molecule has 1 aliphatic rings. The highest BCUT2D eigenvalue weighted by atomic mass is 35.5. The van der Waals surface area contributed by atoms with Gasteiger partial charge in [0.15, 0.2) is 5.82 Å². The van der Waals surface area contributed by atoms with Crippen LogP contribution < -0.4 is 10.6 Å². The van der Waals surface area contributed by atoms with E-state index >= 15 is 0 Å². The second kappa shape index (κ2) is 8.67. The van der Waals surface area contributed by atoms with Crippen LogP contribution in [0.25, 0.3) is 5.82 Å². The molecule has 1 saturated heterocycles. The zero-order valence-electron chi connectivity index (χ0n) is 11.8. The van der Waals surface area contributed by atoms with Crippen molar-refractivity contribution in [3.05, 3.63) is 31.0 Å². The van der Waals surface area contributed by atoms with Gasteiger partial charge in [-0.3, -0.25) is 4.79 Å². The van der Waals surface area contributed by atoms with Crippen molar-refractivity contribution >= 4 is 36.4 Å². The Bertz CT molecular complexity index is 569. The van der Waals surface area contributed by atoms with Crippen molar-refractivity contribution in [1.82, 2.24) is 25.1 Å². The molecule has 0 spiro atoms. The maximum atomic E-state index is 11.9. The van der Waals surface area contributed by atoms with Crippen LogP contribution in [0.1, 0.15) is 19.3 Å². The largest absolute Gasteiger partial charge is 0.325 e. The molecule has 120 valence electrons. The lowest BCUT2D eigenvalue weighted by atomic mass is 10.1. The number of halogens is 2. The fourth-order valence-corrected chi connectivity index (χ4v) is 2.29. The van der Waals surface area contributed by atoms with Gasteiger partial charge < -0.3 is 10.6 Å². The number of pyridine rings is 1. The summed E-state index contributed by atoms with van der Waals surface area (Å²) in [7, 11) is 0. The SMILES string of the molecule is Cl.Cl.O=C(CC1CCCN1)Nc1ccc(-n2cncn2)nc1. The molecule has 1 fully saturated rings. The van der Waals surface area contributed by atoms with Crippen molar-refractivity contribution in [3.8, 4) is 5.82 Å². The van der Waals surface area contributed by atoms with Gasteiger partial charge in [0.2, 0.25) is 5.91 Å². The Hall–Kier alpha value is -1.70. The summed E-state index contributed by atoms with van der Waals surface area (Å²) in [6.45, 7) is 1.01. The van der Waals surface area contributed by atoms with Gasteiger partial charge in [0.05, 0.1) is 11.9 Å². The average molecular weight is 345 g/mol. The van der Waals surface area contributed by atoms with Crippen molar-refractivity contribution < 1.29 is 4.79 Å². The Morgan fingerprint density at radius 2 is 2.27 bits per heavy atom. The monoisotopic (exact) mass is 344 g/mol. The van der Waals surface area contributed by atoms with Crippen molar-refractivity contribution in [1.29, 1.82) is 0 Å². The Morgan fingerprint density at radius 3 is 2.86 bits per heavy atom. The van der Waals surface area contributed by atoms with Crippen LogP contribution in [-0.2, 0) is 4.79 Å². The molecule has 1 atom stereocenters. The third kappa shape index (κ3) is 4.66. The van der Waals surface area contributed by atoms with E-state index in [4.69, 9.17) is 0 Å². The van der Waals surface area contributed by atoms with E-state index in [2.05, 4.69) is 25.7 Å². The van der Waals surface area contributed by atoms with Gasteiger partial charge >= 0.3 is 0 Å². The molecule has 2 aromatic rings. The van der Waals surface area contributed by atoms with Crippen LogP contribution in [0.2, 0.25) is 0 Å². The standard InChI is InChI=1S/C13H16N6O.2ClH/c20-13(6-10-2-1-5-15-10)18-11-3-4-12(16-7-11)19-9-14-8-17-19;;/h3-4,7-10,15H,1-2,5-6H2,(H,18,20);2*1H. The summed E-state index contributed by atoms with van der Waals surface area (Å²) in [4.78, 5) is 20.0. The molecule has 0 bridgehead atoms. The van der Waals surface area contributed by atoms with Gasteiger partial charge in [0.1, 0.15) is 12.7 Å². The topological polar surface area (TPSA) is 84.7 Å². The molecule has 22 heavy (non-hydrogen) atoms. The summed E-state index contributed by atoms with van der Waals surface area (Å²) >= 11 is 0. The number of amides is 1. The first-order valence-electron chi connectivity index (χ1n) is 6.65. The summed E-state index contributed by atoms with van der Waals surface area (Å²) in [5.41, 5.74) is 0.692. The maximum Gasteiger partial charge on any atom is 0.225 e. The van der Waals surface area contributed by atoms with Gasteiger partial charge in [-0.25, -0.2) is 14.6 Å². The number of hydrogen-bond acceptors (Lipinski definition) is 5. The number of carbonyl (C=O) groups is 1. The average Bonchev–Trinajstić information content (AvgIpc) is 3.12. The highest BCUT2D eigenvalue weighted by Crippen LogP contribution is 2.12. The molecule has 3 heterocycles. The van der Waals surface area contributed by atoms with E-state index in [1.54, 1.807) is 23.3 Å². The zero-order chi connectivity index (χ0) is 13.8. The van der Waals surface area contributed by atoms with Crippen LogP contribution >= 0.6 is 24.8 Å². The van der Waals surface area contributed by atoms with Crippen molar-refractivity contribution in [2.75, 3.05) is 11.9 Å². The second-order valence-corrected chi connectivity index (χ2v) is 4.79. The molecule has 2 aromatic heterocycles. The number of nitrogens with zero attached hydrogens (tertiary/aromatic N) is 4. The number of carbonyl (C=O) groups excluding carboxylic acids is 1. The minimum absolute atomic E-state index is 0. The first-order valence-corrected chi connectivity index (χ1v) is 6.65. The van der Waals surface area contributed by atoms with Crippen LogP contribution in [-0.4, -0.2) is 38.2 Å². The van der Waals surface area contributed by atoms with E-state index < -0.39 is 0 Å². The predicted molar refractivity (Wildman–Crippen MR) is 87.9 cm³/mol. The Labute approximate surface area is 140 Å². The molecule has 1 unspecified atom stereocenters. The zero-order valence-corrected chi connectivity index (χ0v) is 13.4. The van der Waals surface area contributed by atoms with E-state index in [9.17, 15) is 4.79 Å². The number of anilines is 1. The molecule has 1 aliphatic heterocycles. The highest BCUT2D eigenvalue weighted by Gasteiger charge is 2.17. The lowest BCUT2D eigenvalue weighted by Crippen LogP contribution is -2.27. The van der Waals surface area contributed by atoms with Crippen LogP contribution in [0, 0.1) is 0 Å². The van der Waals surface area contributed by atoms with Crippen LogP contribution in [0.4, 0.5) is 5.69 Å². The smallest absolute Gasteiger partial charge is 0.225 e. The molecule has 3 rings (SSSR count). The number of hydrogen-bond donors (Lipinski definition) is 2. The molecular formula is C13H18Cl2N6O. The van der Waals surface area contributed by atoms with E-state index in [-0.39, 0.29) is 30.7 Å². The Balaban J connectivity index is 0.00000121. The summed E-state index contributed by atoms with van der Waals surface area (Å²) in [5, 5.41) is 10.2. The molecular weight excluding hydrogens is 327 g/mol. The van der Waals surface area contributed by atoms with Gasteiger partial charge in [-0.15, -0.1) is 24.8 Å². The van der Waals surface area contributed by atoms with E-state index in [1.165, 1.54) is 6.33 Å². The molecule has 0 aromatic carbocycles. The molecule has 0 saturated carbocycles. The summed E-state index contributed by atoms with van der Waals surface area (Å²) in [5.74, 6) is 0.678. The normalized spacial score (nSPS) is 16.5. The van der Waals surface area contributed by atoms with Gasteiger partial charge in [0.25, 0.3) is 0 Å². The summed E-state index contributed by atoms with van der Waals surface area (Å²) in [6.07, 6.45) is 7.36. The third-order valence-corrected chi connectivity index (χ3v) is 3.28. The fraction of sp³-hybridized carbons (Fsp3) is 0.385. The molecule has 0 radical (unpaired) electrons. The van der Waals surface area contributed by atoms with E-state index in [0.29, 0.717) is 24.0 Å². The lowest BCUT2D eigenvalue weighted by Gasteiger charge is -2.10. The van der Waals surface area contributed by atoms with Gasteiger partial charge in [-0.1, -0.05) is 0 Å². The predicted octanol–water partition coefficient (Wildman–Crippen LogP) is 1.59. The third-order valence-electron chi connectivity index (χ3n) is 3.28. The summed E-state index contributed by atoms with van der Waals surface area (Å²) < 4.78 is 1.56. The molecule has 9 heteroatoms. The quantitative estimate of drug-likeness (QED) is 0.879. The Kier molecular flexibility index (Phi) is 7.23. The van der Waals surface area contributed by atoms with Crippen LogP contribution in [0.5, 0.6) is 0 Å². The lowest BCUT2D eigenvalue weighted by molar-refractivity contribution is -0.116. The van der Waals surface area contributed by atoms with Crippen LogP contribution in [0.3, 0.4) is 0 Å². The van der Waals surface area contributed by atoms with E-state index in [0.717, 1.165) is 19.4 Å². The second-order valence-electron chi connectivity index (χ2n) is 4.79. The number of rotatable bonds is 4. The molecule has 1 amide bonds. The van der Waals surface area contributed by atoms with Crippen molar-refractivity contribution in [3.63, 3.8) is 0 Å². The molecule has 7 nitrogen and oxygen atoms in total. The van der Waals surface area contributed by atoms with Crippen molar-refractivity contribution in [2.45, 2.75) is 25.3 Å². The van der Waals surface area contributed by atoms with Gasteiger partial charge in [-0.05, 0) is 31.5 Å². The number of aromatic nitrogens is 4. The maximum absolute atomic E-state index is 11.9. The molecule has 0 aliphatic carbocycles. The minimum atomic E-state index is 0. The number of nitrogens with one attached hydrogen (secondary N) is 2. The van der Waals surface area contributed by atoms with Crippen LogP contribution in [0.15, 0.2) is 31.0 Å². The van der Waals surface area contributed by atoms with Crippen molar-refractivity contribution in [2.24, 2.45) is 0 Å². The summed E-state index contributed by atoms with van der Waals surface area (Å²) in [6, 6.07) is 3.90. The highest BCUT2D eigenvalue weighted by molar-refractivity contribution is 5.91. The fourth-order valence-electron chi connectivity index (χ4n) is 2.29. The molecule has 2 N–H and O–H groups in total. The Morgan fingerprint density at radius 1 is 1.41 bits per heavy atom. The van der Waals surface area contributed by atoms with E-state index in [1.807, 2.05) is 6.07 Å². The first kappa shape index (κ1) is 18.3.